The molecule has 0 aliphatic heterocycles. The molecule has 1 aromatic rings. The Morgan fingerprint density at radius 2 is 1.84 bits per heavy atom. The highest BCUT2D eigenvalue weighted by atomic mass is 35.5. The first-order valence-electron chi connectivity index (χ1n) is 8.37. The maximum Gasteiger partial charge on any atom is 0.239 e. The number of hydrogen-bond acceptors (Lipinski definition) is 3. The van der Waals surface area contributed by atoms with Crippen molar-refractivity contribution in [3.8, 4) is 0 Å². The molecule has 1 aromatic carbocycles. The molecule has 1 aliphatic carbocycles. The van der Waals surface area contributed by atoms with Gasteiger partial charge in [-0.1, -0.05) is 44.5 Å². The van der Waals surface area contributed by atoms with Crippen molar-refractivity contribution in [2.24, 2.45) is 23.5 Å². The molecular weight excluding hydrogens is 361 g/mol. The van der Waals surface area contributed by atoms with Gasteiger partial charge in [0.2, 0.25) is 11.8 Å². The second-order valence-corrected chi connectivity index (χ2v) is 7.40. The maximum absolute atomic E-state index is 12.2. The van der Waals surface area contributed by atoms with E-state index in [1.807, 2.05) is 38.1 Å². The highest BCUT2D eigenvalue weighted by molar-refractivity contribution is 6.30. The molecule has 0 bridgehead atoms. The molecule has 2 rings (SSSR count). The van der Waals surface area contributed by atoms with Gasteiger partial charge >= 0.3 is 0 Å². The normalized spacial score (nSPS) is 21.0. The average molecular weight is 388 g/mol. The Bertz CT molecular complexity index is 592. The zero-order valence-electron chi connectivity index (χ0n) is 14.8. The summed E-state index contributed by atoms with van der Waals surface area (Å²) in [6, 6.07) is 6.87. The van der Waals surface area contributed by atoms with E-state index < -0.39 is 6.04 Å². The summed E-state index contributed by atoms with van der Waals surface area (Å²) >= 11 is 5.94. The van der Waals surface area contributed by atoms with E-state index >= 15 is 0 Å². The lowest BCUT2D eigenvalue weighted by Gasteiger charge is -2.20. The van der Waals surface area contributed by atoms with Crippen LogP contribution in [0.4, 0.5) is 0 Å². The van der Waals surface area contributed by atoms with E-state index in [1.165, 1.54) is 0 Å². The highest BCUT2D eigenvalue weighted by Crippen LogP contribution is 2.47. The predicted molar refractivity (Wildman–Crippen MR) is 103 cm³/mol. The Morgan fingerprint density at radius 3 is 2.32 bits per heavy atom. The van der Waals surface area contributed by atoms with Crippen LogP contribution < -0.4 is 16.4 Å². The number of hydrogen-bond donors (Lipinski definition) is 3. The van der Waals surface area contributed by atoms with Gasteiger partial charge in [0.15, 0.2) is 0 Å². The molecule has 140 valence electrons. The van der Waals surface area contributed by atoms with Crippen molar-refractivity contribution in [3.05, 3.63) is 34.9 Å². The Balaban J connectivity index is 0.00000312. The average Bonchev–Trinajstić information content (AvgIpc) is 3.27. The number of rotatable bonds is 7. The summed E-state index contributed by atoms with van der Waals surface area (Å²) < 4.78 is 0. The number of amides is 2. The first kappa shape index (κ1) is 21.7. The standard InChI is InChI=1S/C18H26ClN3O2.ClH/c1-10(2)16(20)18(24)21-9-15(23)22-17(14-8-11(14)3)12-4-6-13(19)7-5-12;/h4-7,10-11,14,16-17H,8-9,20H2,1-3H3,(H,21,24)(H,22,23);1H/t11?,14?,16-,17?;/m0./s1. The van der Waals surface area contributed by atoms with Crippen LogP contribution in [0.3, 0.4) is 0 Å². The second-order valence-electron chi connectivity index (χ2n) is 6.96. The van der Waals surface area contributed by atoms with Crippen LogP contribution in [-0.2, 0) is 9.59 Å². The Labute approximate surface area is 160 Å². The molecule has 3 unspecified atom stereocenters. The molecule has 0 aromatic heterocycles. The summed E-state index contributed by atoms with van der Waals surface area (Å²) in [5, 5.41) is 6.30. The molecule has 0 radical (unpaired) electrons. The largest absolute Gasteiger partial charge is 0.347 e. The van der Waals surface area contributed by atoms with Crippen molar-refractivity contribution in [2.45, 2.75) is 39.3 Å². The highest BCUT2D eigenvalue weighted by Gasteiger charge is 2.40. The van der Waals surface area contributed by atoms with Gasteiger partial charge in [-0.25, -0.2) is 0 Å². The summed E-state index contributed by atoms with van der Waals surface area (Å²) in [5.74, 6) is 0.516. The van der Waals surface area contributed by atoms with Crippen molar-refractivity contribution in [1.82, 2.24) is 10.6 Å². The van der Waals surface area contributed by atoms with Crippen molar-refractivity contribution in [2.75, 3.05) is 6.54 Å². The molecule has 2 amide bonds. The molecule has 0 saturated heterocycles. The molecule has 1 aliphatic rings. The number of carbonyl (C=O) groups is 2. The van der Waals surface area contributed by atoms with Gasteiger partial charge in [-0.05, 0) is 41.9 Å². The lowest BCUT2D eigenvalue weighted by Crippen LogP contribution is -2.47. The number of carbonyl (C=O) groups excluding carboxylic acids is 2. The van der Waals surface area contributed by atoms with Gasteiger partial charge in [0, 0.05) is 5.02 Å². The lowest BCUT2D eigenvalue weighted by atomic mass is 10.0. The first-order valence-corrected chi connectivity index (χ1v) is 8.75. The van der Waals surface area contributed by atoms with E-state index in [2.05, 4.69) is 17.6 Å². The zero-order chi connectivity index (χ0) is 17.9. The minimum absolute atomic E-state index is 0. The topological polar surface area (TPSA) is 84.2 Å². The predicted octanol–water partition coefficient (Wildman–Crippen LogP) is 2.67. The van der Waals surface area contributed by atoms with Crippen LogP contribution in [0, 0.1) is 17.8 Å². The fourth-order valence-corrected chi connectivity index (χ4v) is 2.86. The Kier molecular flexibility index (Phi) is 8.19. The van der Waals surface area contributed by atoms with Crippen LogP contribution in [-0.4, -0.2) is 24.4 Å². The lowest BCUT2D eigenvalue weighted by molar-refractivity contribution is -0.127. The van der Waals surface area contributed by atoms with E-state index in [-0.39, 0.29) is 42.7 Å². The molecule has 0 spiro atoms. The monoisotopic (exact) mass is 387 g/mol. The van der Waals surface area contributed by atoms with Crippen LogP contribution in [0.25, 0.3) is 0 Å². The van der Waals surface area contributed by atoms with Crippen LogP contribution in [0.15, 0.2) is 24.3 Å². The molecule has 0 heterocycles. The summed E-state index contributed by atoms with van der Waals surface area (Å²) in [7, 11) is 0. The number of benzene rings is 1. The molecule has 1 fully saturated rings. The van der Waals surface area contributed by atoms with Crippen LogP contribution >= 0.6 is 24.0 Å². The zero-order valence-corrected chi connectivity index (χ0v) is 16.4. The first-order chi connectivity index (χ1) is 11.3. The van der Waals surface area contributed by atoms with Crippen molar-refractivity contribution >= 4 is 35.8 Å². The van der Waals surface area contributed by atoms with Gasteiger partial charge in [-0.3, -0.25) is 9.59 Å². The molecule has 1 saturated carbocycles. The van der Waals surface area contributed by atoms with Crippen LogP contribution in [0.5, 0.6) is 0 Å². The molecular formula is C18H27Cl2N3O2. The van der Waals surface area contributed by atoms with Gasteiger partial charge in [-0.15, -0.1) is 12.4 Å². The Hall–Kier alpha value is -1.30. The van der Waals surface area contributed by atoms with Gasteiger partial charge in [0.25, 0.3) is 0 Å². The van der Waals surface area contributed by atoms with Gasteiger partial charge in [0.05, 0.1) is 18.6 Å². The van der Waals surface area contributed by atoms with Crippen molar-refractivity contribution < 1.29 is 9.59 Å². The SMILES string of the molecule is CC1CC1C(NC(=O)CNC(=O)[C@@H](N)C(C)C)c1ccc(Cl)cc1.Cl. The van der Waals surface area contributed by atoms with Gasteiger partial charge in [-0.2, -0.15) is 0 Å². The molecule has 4 atom stereocenters. The summed E-state index contributed by atoms with van der Waals surface area (Å²) in [4.78, 5) is 24.1. The van der Waals surface area contributed by atoms with E-state index in [0.717, 1.165) is 12.0 Å². The number of nitrogens with one attached hydrogen (secondary N) is 2. The van der Waals surface area contributed by atoms with Crippen LogP contribution in [0.2, 0.25) is 5.02 Å². The summed E-state index contributed by atoms with van der Waals surface area (Å²) in [5.41, 5.74) is 6.81. The fraction of sp³-hybridized carbons (Fsp3) is 0.556. The maximum atomic E-state index is 12.2. The van der Waals surface area contributed by atoms with Gasteiger partial charge in [0.1, 0.15) is 0 Å². The van der Waals surface area contributed by atoms with Gasteiger partial charge < -0.3 is 16.4 Å². The van der Waals surface area contributed by atoms with E-state index in [0.29, 0.717) is 16.9 Å². The third-order valence-electron chi connectivity index (χ3n) is 4.59. The second kappa shape index (κ2) is 9.41. The van der Waals surface area contributed by atoms with Crippen molar-refractivity contribution in [3.63, 3.8) is 0 Å². The van der Waals surface area contributed by atoms with Crippen molar-refractivity contribution in [1.29, 1.82) is 0 Å². The Morgan fingerprint density at radius 1 is 1.28 bits per heavy atom. The molecule has 5 nitrogen and oxygen atoms in total. The smallest absolute Gasteiger partial charge is 0.239 e. The summed E-state index contributed by atoms with van der Waals surface area (Å²) in [6.45, 7) is 5.85. The third-order valence-corrected chi connectivity index (χ3v) is 4.84. The fourth-order valence-electron chi connectivity index (χ4n) is 2.74. The third kappa shape index (κ3) is 6.17. The molecule has 4 N–H and O–H groups in total. The number of halogens is 2. The molecule has 25 heavy (non-hydrogen) atoms. The van der Waals surface area contributed by atoms with E-state index in [9.17, 15) is 9.59 Å². The molecule has 7 heteroatoms. The van der Waals surface area contributed by atoms with E-state index in [4.69, 9.17) is 17.3 Å². The minimum atomic E-state index is -0.603. The summed E-state index contributed by atoms with van der Waals surface area (Å²) in [6.07, 6.45) is 1.08. The van der Waals surface area contributed by atoms with Crippen LogP contribution in [0.1, 0.15) is 38.8 Å². The quantitative estimate of drug-likeness (QED) is 0.672. The number of nitrogens with two attached hydrogens (primary N) is 1. The van der Waals surface area contributed by atoms with E-state index in [1.54, 1.807) is 0 Å². The minimum Gasteiger partial charge on any atom is -0.347 e.